The van der Waals surface area contributed by atoms with Gasteiger partial charge in [-0.25, -0.2) is 0 Å². The van der Waals surface area contributed by atoms with E-state index in [-0.39, 0.29) is 5.60 Å². The van der Waals surface area contributed by atoms with Crippen molar-refractivity contribution >= 4 is 0 Å². The van der Waals surface area contributed by atoms with E-state index < -0.39 is 0 Å². The van der Waals surface area contributed by atoms with E-state index in [4.69, 9.17) is 4.74 Å². The van der Waals surface area contributed by atoms with Gasteiger partial charge in [0.1, 0.15) is 0 Å². The molecule has 2 nitrogen and oxygen atoms in total. The highest BCUT2D eigenvalue weighted by molar-refractivity contribution is 4.87. The van der Waals surface area contributed by atoms with Gasteiger partial charge in [-0.05, 0) is 26.2 Å². The van der Waals surface area contributed by atoms with Crippen LogP contribution in [0.3, 0.4) is 0 Å². The molecular weight excluding hydrogens is 258 g/mol. The Kier molecular flexibility index (Phi) is 9.59. The molecule has 1 N–H and O–H groups in total. The quantitative estimate of drug-likeness (QED) is 0.427. The van der Waals surface area contributed by atoms with Gasteiger partial charge < -0.3 is 10.1 Å². The molecule has 0 bridgehead atoms. The van der Waals surface area contributed by atoms with Gasteiger partial charge >= 0.3 is 0 Å². The molecule has 21 heavy (non-hydrogen) atoms. The van der Waals surface area contributed by atoms with Crippen molar-refractivity contribution in [1.82, 2.24) is 5.32 Å². The van der Waals surface area contributed by atoms with E-state index in [1.807, 2.05) is 0 Å². The van der Waals surface area contributed by atoms with Crippen LogP contribution in [0.25, 0.3) is 0 Å². The van der Waals surface area contributed by atoms with Crippen LogP contribution in [0.4, 0.5) is 0 Å². The molecule has 126 valence electrons. The Balaban J connectivity index is 2.46. The first-order valence-electron chi connectivity index (χ1n) is 9.49. The molecule has 0 saturated heterocycles. The molecule has 0 radical (unpaired) electrons. The molecule has 1 aliphatic carbocycles. The van der Waals surface area contributed by atoms with E-state index >= 15 is 0 Å². The molecule has 0 aromatic carbocycles. The molecule has 0 aromatic heterocycles. The molecule has 2 heteroatoms. The first-order valence-corrected chi connectivity index (χ1v) is 9.49. The van der Waals surface area contributed by atoms with Gasteiger partial charge in [-0.1, -0.05) is 72.1 Å². The van der Waals surface area contributed by atoms with Crippen LogP contribution in [0, 0.1) is 0 Å². The summed E-state index contributed by atoms with van der Waals surface area (Å²) < 4.78 is 6.63. The van der Waals surface area contributed by atoms with Gasteiger partial charge in [0.15, 0.2) is 0 Å². The molecule has 0 heterocycles. The minimum absolute atomic E-state index is 0.102. The topological polar surface area (TPSA) is 21.3 Å². The Hall–Kier alpha value is -0.0800. The molecular formula is C19H39NO. The third-order valence-corrected chi connectivity index (χ3v) is 4.76. The fourth-order valence-electron chi connectivity index (χ4n) is 3.44. The summed E-state index contributed by atoms with van der Waals surface area (Å²) in [5, 5.41) is 3.64. The van der Waals surface area contributed by atoms with Crippen molar-refractivity contribution in [3.8, 4) is 0 Å². The van der Waals surface area contributed by atoms with Crippen LogP contribution in [0.1, 0.15) is 98.3 Å². The summed E-state index contributed by atoms with van der Waals surface area (Å²) in [6.07, 6.45) is 14.9. The lowest BCUT2D eigenvalue weighted by atomic mass is 9.93. The maximum absolute atomic E-state index is 6.63. The van der Waals surface area contributed by atoms with Crippen LogP contribution in [-0.2, 0) is 4.74 Å². The molecule has 1 rings (SSSR count). The number of unbranched alkanes of at least 4 members (excludes halogenated alkanes) is 3. The lowest BCUT2D eigenvalue weighted by Crippen LogP contribution is -2.46. The average Bonchev–Trinajstić information content (AvgIpc) is 2.68. The van der Waals surface area contributed by atoms with Crippen LogP contribution in [0.2, 0.25) is 0 Å². The fraction of sp³-hybridized carbons (Fsp3) is 1.00. The van der Waals surface area contributed by atoms with E-state index in [0.717, 1.165) is 6.54 Å². The normalized spacial score (nSPS) is 20.4. The monoisotopic (exact) mass is 297 g/mol. The summed E-state index contributed by atoms with van der Waals surface area (Å²) >= 11 is 0. The SMILES string of the molecule is CCCCCCC(C)OC1(CNC(C)C)CCCCCC1. The molecule has 0 aliphatic heterocycles. The summed E-state index contributed by atoms with van der Waals surface area (Å²) in [5.41, 5.74) is 0.102. The molecule has 1 unspecified atom stereocenters. The van der Waals surface area contributed by atoms with Gasteiger partial charge in [0.25, 0.3) is 0 Å². The Morgan fingerprint density at radius 3 is 2.19 bits per heavy atom. The number of hydrogen-bond acceptors (Lipinski definition) is 2. The van der Waals surface area contributed by atoms with Crippen molar-refractivity contribution in [3.63, 3.8) is 0 Å². The second-order valence-corrected chi connectivity index (χ2v) is 7.41. The first kappa shape index (κ1) is 19.0. The second-order valence-electron chi connectivity index (χ2n) is 7.41. The Bertz CT molecular complexity index is 244. The number of hydrogen-bond donors (Lipinski definition) is 1. The van der Waals surface area contributed by atoms with Crippen LogP contribution in [0.15, 0.2) is 0 Å². The lowest BCUT2D eigenvalue weighted by molar-refractivity contribution is -0.0981. The largest absolute Gasteiger partial charge is 0.371 e. The van der Waals surface area contributed by atoms with Crippen molar-refractivity contribution in [2.45, 2.75) is 116 Å². The van der Waals surface area contributed by atoms with Crippen LogP contribution >= 0.6 is 0 Å². The zero-order chi connectivity index (χ0) is 15.6. The summed E-state index contributed by atoms with van der Waals surface area (Å²) in [6.45, 7) is 10.1. The Morgan fingerprint density at radius 1 is 0.952 bits per heavy atom. The second kappa shape index (κ2) is 10.6. The third-order valence-electron chi connectivity index (χ3n) is 4.76. The van der Waals surface area contributed by atoms with Gasteiger partial charge in [-0.15, -0.1) is 0 Å². The fourth-order valence-corrected chi connectivity index (χ4v) is 3.44. The smallest absolute Gasteiger partial charge is 0.0810 e. The van der Waals surface area contributed by atoms with E-state index in [2.05, 4.69) is 33.0 Å². The molecule has 0 aromatic rings. The predicted molar refractivity (Wildman–Crippen MR) is 92.9 cm³/mol. The molecule has 0 spiro atoms. The van der Waals surface area contributed by atoms with Crippen LogP contribution in [0.5, 0.6) is 0 Å². The van der Waals surface area contributed by atoms with E-state index in [1.165, 1.54) is 70.6 Å². The predicted octanol–water partition coefficient (Wildman–Crippen LogP) is 5.45. The van der Waals surface area contributed by atoms with Gasteiger partial charge in [0, 0.05) is 12.6 Å². The van der Waals surface area contributed by atoms with Crippen molar-refractivity contribution < 1.29 is 4.74 Å². The lowest BCUT2D eigenvalue weighted by Gasteiger charge is -2.37. The van der Waals surface area contributed by atoms with Gasteiger partial charge in [-0.2, -0.15) is 0 Å². The van der Waals surface area contributed by atoms with Crippen molar-refractivity contribution in [2.24, 2.45) is 0 Å². The number of rotatable bonds is 10. The highest BCUT2D eigenvalue weighted by Gasteiger charge is 2.33. The molecule has 1 saturated carbocycles. The summed E-state index contributed by atoms with van der Waals surface area (Å²) in [6, 6.07) is 0.550. The number of nitrogens with one attached hydrogen (secondary N) is 1. The maximum Gasteiger partial charge on any atom is 0.0810 e. The minimum atomic E-state index is 0.102. The standard InChI is InChI=1S/C19H39NO/c1-5-6-7-10-13-18(4)21-19(16-20-17(2)3)14-11-8-9-12-15-19/h17-18,20H,5-16H2,1-4H3. The van der Waals surface area contributed by atoms with Gasteiger partial charge in [0.2, 0.25) is 0 Å². The highest BCUT2D eigenvalue weighted by Crippen LogP contribution is 2.32. The van der Waals surface area contributed by atoms with Crippen LogP contribution in [-0.4, -0.2) is 24.3 Å². The van der Waals surface area contributed by atoms with E-state index in [1.54, 1.807) is 0 Å². The van der Waals surface area contributed by atoms with Gasteiger partial charge in [0.05, 0.1) is 11.7 Å². The maximum atomic E-state index is 6.63. The van der Waals surface area contributed by atoms with Crippen molar-refractivity contribution in [2.75, 3.05) is 6.54 Å². The third kappa shape index (κ3) is 8.21. The van der Waals surface area contributed by atoms with Crippen LogP contribution < -0.4 is 5.32 Å². The van der Waals surface area contributed by atoms with E-state index in [9.17, 15) is 0 Å². The minimum Gasteiger partial charge on any atom is -0.371 e. The zero-order valence-electron chi connectivity index (χ0n) is 15.0. The summed E-state index contributed by atoms with van der Waals surface area (Å²) in [4.78, 5) is 0. The first-order chi connectivity index (χ1) is 10.1. The van der Waals surface area contributed by atoms with Gasteiger partial charge in [-0.3, -0.25) is 0 Å². The molecule has 1 fully saturated rings. The zero-order valence-corrected chi connectivity index (χ0v) is 15.0. The van der Waals surface area contributed by atoms with Crippen molar-refractivity contribution in [3.05, 3.63) is 0 Å². The molecule has 1 atom stereocenters. The Labute approximate surface area is 133 Å². The Morgan fingerprint density at radius 2 is 1.62 bits per heavy atom. The highest BCUT2D eigenvalue weighted by atomic mass is 16.5. The summed E-state index contributed by atoms with van der Waals surface area (Å²) in [7, 11) is 0. The van der Waals surface area contributed by atoms with E-state index in [0.29, 0.717) is 12.1 Å². The summed E-state index contributed by atoms with van der Waals surface area (Å²) in [5.74, 6) is 0. The molecule has 0 amide bonds. The number of ether oxygens (including phenoxy) is 1. The average molecular weight is 298 g/mol. The molecule has 1 aliphatic rings. The van der Waals surface area contributed by atoms with Crippen molar-refractivity contribution in [1.29, 1.82) is 0 Å².